The molecule has 0 saturated carbocycles. The molecule has 1 aromatic heterocycles. The highest BCUT2D eigenvalue weighted by atomic mass is 16.5. The lowest BCUT2D eigenvalue weighted by atomic mass is 10.1. The molecule has 0 saturated heterocycles. The van der Waals surface area contributed by atoms with E-state index in [9.17, 15) is 19.2 Å². The number of benzene rings is 1. The molecule has 10 nitrogen and oxygen atoms in total. The largest absolute Gasteiger partial charge is 0.461 e. The fraction of sp³-hybridized carbons (Fsp3) is 0.500. The van der Waals surface area contributed by atoms with Gasteiger partial charge in [0.25, 0.3) is 0 Å². The highest BCUT2D eigenvalue weighted by Crippen LogP contribution is 2.15. The monoisotopic (exact) mass is 501 g/mol. The number of esters is 1. The van der Waals surface area contributed by atoms with E-state index in [-0.39, 0.29) is 37.9 Å². The topological polar surface area (TPSA) is 144 Å². The van der Waals surface area contributed by atoms with E-state index in [0.29, 0.717) is 6.21 Å². The number of ketones is 1. The third-order valence-electron chi connectivity index (χ3n) is 5.32. The Morgan fingerprint density at radius 2 is 1.78 bits per heavy atom. The molecule has 0 radical (unpaired) electrons. The molecule has 0 fully saturated rings. The number of rotatable bonds is 13. The van der Waals surface area contributed by atoms with Crippen molar-refractivity contribution in [3.8, 4) is 0 Å². The number of Topliss-reactive ketones (excluding diaryl/α,β-unsaturated/α-hetero) is 1. The Morgan fingerprint density at radius 3 is 2.36 bits per heavy atom. The number of hydrogen-bond acceptors (Lipinski definition) is 7. The van der Waals surface area contributed by atoms with E-state index in [2.05, 4.69) is 40.7 Å². The molecule has 198 valence electrons. The van der Waals surface area contributed by atoms with E-state index in [1.165, 1.54) is 16.5 Å². The maximum atomic E-state index is 12.1. The molecular formula is C26H39N5O5. The first kappa shape index (κ1) is 30.5. The van der Waals surface area contributed by atoms with Crippen molar-refractivity contribution in [3.63, 3.8) is 0 Å². The van der Waals surface area contributed by atoms with Crippen molar-refractivity contribution < 1.29 is 23.9 Å². The number of H-pyrrole nitrogens is 1. The van der Waals surface area contributed by atoms with Gasteiger partial charge in [-0.1, -0.05) is 32.0 Å². The van der Waals surface area contributed by atoms with Crippen LogP contribution in [0.3, 0.4) is 0 Å². The summed E-state index contributed by atoms with van der Waals surface area (Å²) < 4.78 is 5.07. The first-order valence-corrected chi connectivity index (χ1v) is 12.2. The van der Waals surface area contributed by atoms with Crippen LogP contribution in [0, 0.1) is 12.3 Å². The Hall–Kier alpha value is -3.53. The standard InChI is InChI=1S/C17H30N4O5.C9H9N/c1-5-21(6-2)11-16(24)19-10-15(23)20-14(8-7-13(22)9-18)17(25)26-12(3)4;1-7-6-10-9-5-3-2-4-8(7)9/h9,12,14,18H,5-8,10-11H2,1-4H3,(H,19,24)(H,20,23);2-6,10H,1H3. The van der Waals surface area contributed by atoms with Gasteiger partial charge in [0, 0.05) is 23.5 Å². The van der Waals surface area contributed by atoms with Crippen LogP contribution >= 0.6 is 0 Å². The highest BCUT2D eigenvalue weighted by Gasteiger charge is 2.24. The second-order valence-corrected chi connectivity index (χ2v) is 8.51. The lowest BCUT2D eigenvalue weighted by Gasteiger charge is -2.20. The summed E-state index contributed by atoms with van der Waals surface area (Å²) in [6, 6.07) is 7.30. The van der Waals surface area contributed by atoms with Crippen LogP contribution in [0.5, 0.6) is 0 Å². The van der Waals surface area contributed by atoms with Crippen molar-refractivity contribution in [2.75, 3.05) is 26.2 Å². The number of carbonyl (C=O) groups is 4. The van der Waals surface area contributed by atoms with Gasteiger partial charge < -0.3 is 25.8 Å². The summed E-state index contributed by atoms with van der Waals surface area (Å²) in [5.41, 5.74) is 2.54. The number of para-hydroxylation sites is 1. The number of likely N-dealkylation sites (N-methyl/N-ethyl adjacent to an activating group) is 1. The van der Waals surface area contributed by atoms with E-state index >= 15 is 0 Å². The lowest BCUT2D eigenvalue weighted by Crippen LogP contribution is -2.48. The summed E-state index contributed by atoms with van der Waals surface area (Å²) in [5.74, 6) is -1.94. The summed E-state index contributed by atoms with van der Waals surface area (Å²) in [7, 11) is 0. The quantitative estimate of drug-likeness (QED) is 0.245. The second-order valence-electron chi connectivity index (χ2n) is 8.51. The molecule has 10 heteroatoms. The smallest absolute Gasteiger partial charge is 0.328 e. The average Bonchev–Trinajstić information content (AvgIpc) is 3.24. The van der Waals surface area contributed by atoms with Gasteiger partial charge in [0.2, 0.25) is 11.8 Å². The number of aromatic amines is 1. The van der Waals surface area contributed by atoms with Crippen LogP contribution in [0.2, 0.25) is 0 Å². The van der Waals surface area contributed by atoms with Crippen molar-refractivity contribution in [2.45, 2.75) is 59.6 Å². The first-order chi connectivity index (χ1) is 17.1. The Balaban J connectivity index is 0.000000526. The van der Waals surface area contributed by atoms with E-state index in [0.717, 1.165) is 13.1 Å². The van der Waals surface area contributed by atoms with Gasteiger partial charge in [0.05, 0.1) is 25.4 Å². The van der Waals surface area contributed by atoms with Crippen LogP contribution in [-0.4, -0.2) is 78.0 Å². The van der Waals surface area contributed by atoms with Crippen LogP contribution < -0.4 is 10.6 Å². The van der Waals surface area contributed by atoms with Crippen LogP contribution in [0.15, 0.2) is 30.5 Å². The number of nitrogens with one attached hydrogen (secondary N) is 4. The second kappa shape index (κ2) is 16.2. The molecule has 0 bridgehead atoms. The van der Waals surface area contributed by atoms with Crippen LogP contribution in [0.1, 0.15) is 46.1 Å². The maximum absolute atomic E-state index is 12.1. The van der Waals surface area contributed by atoms with Gasteiger partial charge in [-0.05, 0) is 51.9 Å². The SMILES string of the molecule is CCN(CC)CC(=O)NCC(=O)NC(CCC(=O)C=N)C(=O)OC(C)C.Cc1c[nH]c2ccccc12. The summed E-state index contributed by atoms with van der Waals surface area (Å²) in [6.45, 7) is 10.7. The van der Waals surface area contributed by atoms with Gasteiger partial charge in [0.15, 0.2) is 5.78 Å². The molecule has 0 aliphatic heterocycles. The van der Waals surface area contributed by atoms with E-state index in [1.807, 2.05) is 31.0 Å². The molecule has 0 aliphatic carbocycles. The van der Waals surface area contributed by atoms with Crippen molar-refractivity contribution in [1.29, 1.82) is 5.41 Å². The molecule has 1 unspecified atom stereocenters. The van der Waals surface area contributed by atoms with E-state index in [1.54, 1.807) is 13.8 Å². The first-order valence-electron chi connectivity index (χ1n) is 12.2. The normalized spacial score (nSPS) is 11.4. The zero-order valence-corrected chi connectivity index (χ0v) is 21.8. The Morgan fingerprint density at radius 1 is 1.11 bits per heavy atom. The number of aryl methyl sites for hydroxylation is 1. The highest BCUT2D eigenvalue weighted by molar-refractivity contribution is 6.26. The van der Waals surface area contributed by atoms with E-state index in [4.69, 9.17) is 10.1 Å². The number of aromatic nitrogens is 1. The van der Waals surface area contributed by atoms with Crippen molar-refractivity contribution >= 4 is 40.7 Å². The predicted molar refractivity (Wildman–Crippen MR) is 140 cm³/mol. The molecular weight excluding hydrogens is 462 g/mol. The fourth-order valence-electron chi connectivity index (χ4n) is 3.27. The average molecular weight is 502 g/mol. The zero-order chi connectivity index (χ0) is 27.1. The Kier molecular flexibility index (Phi) is 13.7. The maximum Gasteiger partial charge on any atom is 0.328 e. The molecule has 0 aliphatic rings. The Bertz CT molecular complexity index is 1010. The molecule has 2 aromatic rings. The minimum absolute atomic E-state index is 0.0267. The molecule has 4 N–H and O–H groups in total. The molecule has 0 spiro atoms. The summed E-state index contributed by atoms with van der Waals surface area (Å²) in [6.07, 6.45) is 2.30. The molecule has 1 atom stereocenters. The van der Waals surface area contributed by atoms with Crippen LogP contribution in [0.4, 0.5) is 0 Å². The van der Waals surface area contributed by atoms with Crippen LogP contribution in [0.25, 0.3) is 10.9 Å². The molecule has 2 amide bonds. The lowest BCUT2D eigenvalue weighted by molar-refractivity contribution is -0.151. The van der Waals surface area contributed by atoms with Crippen LogP contribution in [-0.2, 0) is 23.9 Å². The number of ether oxygens (including phenoxy) is 1. The molecule has 2 rings (SSSR count). The molecule has 36 heavy (non-hydrogen) atoms. The van der Waals surface area contributed by atoms with Gasteiger partial charge >= 0.3 is 5.97 Å². The molecule has 1 aromatic carbocycles. The van der Waals surface area contributed by atoms with Gasteiger partial charge in [-0.2, -0.15) is 0 Å². The number of hydrogen-bond donors (Lipinski definition) is 4. The number of nitrogens with zero attached hydrogens (tertiary/aromatic N) is 1. The van der Waals surface area contributed by atoms with Gasteiger partial charge in [0.1, 0.15) is 6.04 Å². The van der Waals surface area contributed by atoms with Gasteiger partial charge in [-0.25, -0.2) is 4.79 Å². The summed E-state index contributed by atoms with van der Waals surface area (Å²) in [4.78, 5) is 52.2. The van der Waals surface area contributed by atoms with Gasteiger partial charge in [-0.15, -0.1) is 0 Å². The third kappa shape index (κ3) is 11.3. The van der Waals surface area contributed by atoms with Crippen molar-refractivity contribution in [2.24, 2.45) is 0 Å². The number of carbonyl (C=O) groups excluding carboxylic acids is 4. The minimum Gasteiger partial charge on any atom is -0.461 e. The zero-order valence-electron chi connectivity index (χ0n) is 21.8. The number of amides is 2. The van der Waals surface area contributed by atoms with Crippen molar-refractivity contribution in [3.05, 3.63) is 36.0 Å². The third-order valence-corrected chi connectivity index (χ3v) is 5.32. The fourth-order valence-corrected chi connectivity index (χ4v) is 3.27. The van der Waals surface area contributed by atoms with E-state index < -0.39 is 23.7 Å². The molecule has 1 heterocycles. The predicted octanol–water partition coefficient (Wildman–Crippen LogP) is 2.36. The minimum atomic E-state index is -1.01. The summed E-state index contributed by atoms with van der Waals surface area (Å²) >= 11 is 0. The summed E-state index contributed by atoms with van der Waals surface area (Å²) in [5, 5.41) is 13.2. The van der Waals surface area contributed by atoms with Crippen molar-refractivity contribution in [1.82, 2.24) is 20.5 Å². The van der Waals surface area contributed by atoms with Gasteiger partial charge in [-0.3, -0.25) is 19.3 Å². The number of fused-ring (bicyclic) bond motifs is 1. The Labute approximate surface area is 212 Å².